The van der Waals surface area contributed by atoms with Gasteiger partial charge in [-0.25, -0.2) is 15.0 Å². The van der Waals surface area contributed by atoms with Crippen LogP contribution in [0.15, 0.2) is 103 Å². The maximum Gasteiger partial charge on any atom is 3.00 e. The van der Waals surface area contributed by atoms with Crippen molar-refractivity contribution in [3.05, 3.63) is 160 Å². The number of aromatic nitrogens is 5. The Hall–Kier alpha value is -7.51. The topological polar surface area (TPSA) is 308 Å². The number of benzene rings is 4. The largest absolute Gasteiger partial charge is 3.00 e. The maximum atomic E-state index is 8.25. The Morgan fingerprint density at radius 2 is 0.721 bits per heavy atom. The van der Waals surface area contributed by atoms with Gasteiger partial charge in [-0.15, -0.1) is 0 Å². The van der Waals surface area contributed by atoms with Crippen LogP contribution < -0.4 is 18.9 Å². The summed E-state index contributed by atoms with van der Waals surface area (Å²) in [6.07, 6.45) is 26.5. The molecule has 474 valence electrons. The molecule has 3 heterocycles. The SMILES string of the molecule is CC#N.CCCCCCCCCCCCOc1ccc(COc2ccc3nc(-c4cccc(-c5nc6ccc(OCc7ccc(OCCCCCCCCCCCC)cc7)cc6n5CC)n4)n(CC)c3c2)cc1.O=[N+]([O-])[O-].O=[N+]([O-])[O-].O=[N+]([O-])[O-].[Lu+3]. The summed E-state index contributed by atoms with van der Waals surface area (Å²) in [6.45, 7) is 14.2. The van der Waals surface area contributed by atoms with Crippen LogP contribution in [-0.2, 0) is 26.3 Å². The van der Waals surface area contributed by atoms with Crippen molar-refractivity contribution in [3.63, 3.8) is 0 Å². The molecule has 0 aliphatic carbocycles. The summed E-state index contributed by atoms with van der Waals surface area (Å²) in [7, 11) is 0. The molecule has 86 heavy (non-hydrogen) atoms. The second-order valence-electron chi connectivity index (χ2n) is 19.9. The van der Waals surface area contributed by atoms with Crippen LogP contribution in [0.2, 0.25) is 0 Å². The van der Waals surface area contributed by atoms with Crippen molar-refractivity contribution >= 4 is 22.1 Å². The zero-order valence-electron chi connectivity index (χ0n) is 50.3. The Morgan fingerprint density at radius 1 is 0.430 bits per heavy atom. The molecule has 0 radical (unpaired) electrons. The number of nitrogens with zero attached hydrogens (tertiary/aromatic N) is 9. The number of fused-ring (bicyclic) bond motifs is 2. The van der Waals surface area contributed by atoms with E-state index in [-0.39, 0.29) is 36.9 Å². The second kappa shape index (κ2) is 44.9. The van der Waals surface area contributed by atoms with Gasteiger partial charge in [-0.1, -0.05) is 160 Å². The second-order valence-corrected chi connectivity index (χ2v) is 19.9. The summed E-state index contributed by atoms with van der Waals surface area (Å²) < 4.78 is 29.2. The van der Waals surface area contributed by atoms with Crippen molar-refractivity contribution in [1.29, 1.82) is 5.26 Å². The van der Waals surface area contributed by atoms with Crippen LogP contribution in [-0.4, -0.2) is 52.6 Å². The van der Waals surface area contributed by atoms with Gasteiger partial charge in [-0.3, -0.25) is 0 Å². The minimum atomic E-state index is -1.75. The minimum Gasteiger partial charge on any atom is -0.494 e. The molecule has 0 unspecified atom stereocenters. The molecule has 3 aromatic heterocycles. The third-order valence-corrected chi connectivity index (χ3v) is 13.5. The van der Waals surface area contributed by atoms with E-state index in [1.54, 1.807) is 6.07 Å². The Bertz CT molecular complexity index is 2830. The molecule has 4 aromatic carbocycles. The molecule has 0 amide bonds. The summed E-state index contributed by atoms with van der Waals surface area (Å²) in [5.74, 6) is 5.06. The van der Waals surface area contributed by atoms with E-state index in [9.17, 15) is 0 Å². The van der Waals surface area contributed by atoms with Crippen molar-refractivity contribution in [1.82, 2.24) is 24.1 Å². The van der Waals surface area contributed by atoms with Crippen LogP contribution in [0.3, 0.4) is 0 Å². The van der Waals surface area contributed by atoms with Crippen molar-refractivity contribution < 1.29 is 71.1 Å². The Kier molecular flexibility index (Phi) is 38.9. The normalized spacial score (nSPS) is 10.3. The number of imidazole rings is 2. The first-order valence-electron chi connectivity index (χ1n) is 29.6. The van der Waals surface area contributed by atoms with E-state index in [2.05, 4.69) is 97.5 Å². The predicted octanol–water partition coefficient (Wildman–Crippen LogP) is 16.7. The smallest absolute Gasteiger partial charge is 0.494 e. The summed E-state index contributed by atoms with van der Waals surface area (Å²) in [6, 6.07) is 36.7. The third kappa shape index (κ3) is 30.0. The number of hydrogen-bond donors (Lipinski definition) is 0. The average Bonchev–Trinajstić information content (AvgIpc) is 1.79. The Morgan fingerprint density at radius 3 is 1.02 bits per heavy atom. The standard InChI is InChI=1S/C61H81N5O4.C2H3N.Lu.3NO3/c1-5-9-11-13-15-17-19-21-23-25-42-67-50-34-30-48(31-35-50)46-69-52-38-40-54-58(44-52)65(7-3)60(63-54)56-28-27-29-57(62-56)61-64-55-41-39-53(45-59(55)66(61)8-4)70-47-49-32-36-51(37-33-49)68-43-26-24-22-20-18-16-14-12-10-6-2;1-2-3;;3*2-1(3)4/h27-41,44-45H,5-26,42-43,46-47H2,1-4H3;1H3;;;;/q;;+3;3*-1. The number of unbranched alkanes of at least 4 members (excludes halogenated alkanes) is 18. The molecule has 7 aromatic rings. The van der Waals surface area contributed by atoms with Crippen LogP contribution in [0.25, 0.3) is 45.1 Å². The fourth-order valence-electron chi connectivity index (χ4n) is 9.36. The first-order chi connectivity index (χ1) is 41.2. The van der Waals surface area contributed by atoms with Gasteiger partial charge in [0.2, 0.25) is 0 Å². The van der Waals surface area contributed by atoms with Crippen LogP contribution in [0.1, 0.15) is 174 Å². The van der Waals surface area contributed by atoms with Gasteiger partial charge < -0.3 is 74.0 Å². The molecule has 0 saturated carbocycles. The van der Waals surface area contributed by atoms with Crippen LogP contribution in [0.5, 0.6) is 23.0 Å². The van der Waals surface area contributed by atoms with Crippen LogP contribution >= 0.6 is 0 Å². The summed E-state index contributed by atoms with van der Waals surface area (Å²) in [4.78, 5) is 40.1. The third-order valence-electron chi connectivity index (χ3n) is 13.5. The van der Waals surface area contributed by atoms with E-state index in [0.29, 0.717) is 13.2 Å². The van der Waals surface area contributed by atoms with Gasteiger partial charge in [-0.05, 0) is 98.5 Å². The molecule has 22 nitrogen and oxygen atoms in total. The van der Waals surface area contributed by atoms with Crippen LogP contribution in [0, 0.1) is 94.2 Å². The van der Waals surface area contributed by atoms with E-state index in [0.717, 1.165) is 118 Å². The van der Waals surface area contributed by atoms with Crippen molar-refractivity contribution in [2.75, 3.05) is 13.2 Å². The van der Waals surface area contributed by atoms with Crippen molar-refractivity contribution in [2.24, 2.45) is 0 Å². The van der Waals surface area contributed by atoms with Gasteiger partial charge >= 0.3 is 36.9 Å². The monoisotopic (exact) mass is 1350 g/mol. The van der Waals surface area contributed by atoms with Crippen molar-refractivity contribution in [3.8, 4) is 52.1 Å². The molecule has 0 atom stereocenters. The summed E-state index contributed by atoms with van der Waals surface area (Å²) in [5.41, 5.74) is 7.60. The molecule has 0 fully saturated rings. The minimum absolute atomic E-state index is 0. The predicted molar refractivity (Wildman–Crippen MR) is 332 cm³/mol. The number of hydrogen-bond acceptors (Lipinski definition) is 17. The molecule has 0 aliphatic rings. The Labute approximate surface area is 534 Å². The molecule has 0 aliphatic heterocycles. The zero-order valence-corrected chi connectivity index (χ0v) is 51.9. The van der Waals surface area contributed by atoms with E-state index < -0.39 is 15.3 Å². The number of nitriles is 1. The number of ether oxygens (including phenoxy) is 4. The number of rotatable bonds is 34. The van der Waals surface area contributed by atoms with Gasteiger partial charge in [0.15, 0.2) is 11.6 Å². The molecule has 0 bridgehead atoms. The van der Waals surface area contributed by atoms with E-state index in [4.69, 9.17) is 85.1 Å². The molecule has 23 heteroatoms. The first kappa shape index (κ1) is 74.6. The van der Waals surface area contributed by atoms with Gasteiger partial charge in [-0.2, -0.15) is 5.26 Å². The van der Waals surface area contributed by atoms with E-state index in [1.165, 1.54) is 122 Å². The first-order valence-corrected chi connectivity index (χ1v) is 29.6. The zero-order chi connectivity index (χ0) is 62.0. The molecular formula is C63H84LuN9O13. The van der Waals surface area contributed by atoms with Crippen molar-refractivity contribution in [2.45, 2.75) is 189 Å². The fourth-order valence-corrected chi connectivity index (χ4v) is 9.36. The molecule has 0 spiro atoms. The quantitative estimate of drug-likeness (QED) is 0.0205. The maximum absolute atomic E-state index is 8.25. The Balaban J connectivity index is 0.00000142. The molecular weight excluding hydrogens is 1270 g/mol. The molecule has 7 rings (SSSR count). The molecule has 0 saturated heterocycles. The van der Waals surface area contributed by atoms with Gasteiger partial charge in [0.05, 0.1) is 56.6 Å². The number of aryl methyl sites for hydroxylation is 2. The average molecular weight is 1350 g/mol. The van der Waals surface area contributed by atoms with Gasteiger partial charge in [0.1, 0.15) is 47.6 Å². The summed E-state index contributed by atoms with van der Waals surface area (Å²) in [5, 5.41) is 51.6. The molecule has 0 N–H and O–H groups in total. The number of pyridine rings is 1. The van der Waals surface area contributed by atoms with Gasteiger partial charge in [0, 0.05) is 32.1 Å². The van der Waals surface area contributed by atoms with E-state index in [1.807, 2.05) is 42.5 Å². The van der Waals surface area contributed by atoms with Crippen LogP contribution in [0.4, 0.5) is 0 Å². The fraction of sp³-hybridized carbons (Fsp3) is 0.492. The van der Waals surface area contributed by atoms with Gasteiger partial charge in [0.25, 0.3) is 0 Å². The van der Waals surface area contributed by atoms with E-state index >= 15 is 0 Å². The summed E-state index contributed by atoms with van der Waals surface area (Å²) >= 11 is 0.